The molecule has 0 atom stereocenters. The Morgan fingerprint density at radius 2 is 1.85 bits per heavy atom. The van der Waals surface area contributed by atoms with Crippen LogP contribution in [0.25, 0.3) is 0 Å². The molecular weight excluding hydrogens is 530 g/mol. The second kappa shape index (κ2) is 4.79. The van der Waals surface area contributed by atoms with Crippen molar-refractivity contribution in [2.75, 3.05) is 5.73 Å². The molecule has 70 valence electrons. The van der Waals surface area contributed by atoms with Crippen molar-refractivity contribution in [1.82, 2.24) is 0 Å². The molecule has 0 aliphatic rings. The van der Waals surface area contributed by atoms with Crippen LogP contribution in [0.4, 0.5) is 5.69 Å². The molecule has 2 N–H and O–H groups in total. The third-order valence-corrected chi connectivity index (χ3v) is 4.45. The molecule has 0 spiro atoms. The van der Waals surface area contributed by atoms with Gasteiger partial charge in [0.15, 0.2) is 0 Å². The van der Waals surface area contributed by atoms with Gasteiger partial charge < -0.3 is 5.73 Å². The summed E-state index contributed by atoms with van der Waals surface area (Å²) < 4.78 is 2.50. The average molecular weight is 533 g/mol. The number of carbonyl (C=O) groups excluding carboxylic acids is 1. The van der Waals surface area contributed by atoms with E-state index in [-0.39, 0.29) is 0 Å². The smallest absolute Gasteiger partial charge is 0.254 e. The van der Waals surface area contributed by atoms with Gasteiger partial charge >= 0.3 is 0 Å². The van der Waals surface area contributed by atoms with Crippen LogP contribution in [0.1, 0.15) is 10.4 Å². The zero-order chi connectivity index (χ0) is 10.2. The fourth-order valence-corrected chi connectivity index (χ4v) is 5.16. The Hall–Kier alpha value is 1.17. The van der Waals surface area contributed by atoms with E-state index >= 15 is 0 Å². The molecule has 13 heavy (non-hydrogen) atoms. The Kier molecular flexibility index (Phi) is 4.51. The zero-order valence-corrected chi connectivity index (χ0v) is 13.3. The van der Waals surface area contributed by atoms with Crippen LogP contribution in [-0.2, 0) is 0 Å². The SMILES string of the molecule is Nc1c(I)cc(I)c(C(=O)Cl)c1I. The summed E-state index contributed by atoms with van der Waals surface area (Å²) in [5.74, 6) is 0. The Bertz CT molecular complexity index is 380. The van der Waals surface area contributed by atoms with E-state index in [0.29, 0.717) is 11.3 Å². The maximum Gasteiger partial charge on any atom is 0.254 e. The summed E-state index contributed by atoms with van der Waals surface area (Å²) in [7, 11) is 0. The molecule has 1 aromatic rings. The van der Waals surface area contributed by atoms with Crippen molar-refractivity contribution >= 4 is 90.3 Å². The first-order valence-corrected chi connectivity index (χ1v) is 6.69. The summed E-state index contributed by atoms with van der Waals surface area (Å²) in [6, 6.07) is 1.84. The van der Waals surface area contributed by atoms with E-state index in [1.807, 2.05) is 28.7 Å². The first-order chi connectivity index (χ1) is 5.95. The summed E-state index contributed by atoms with van der Waals surface area (Å²) >= 11 is 11.7. The number of nitrogen functional groups attached to an aromatic ring is 1. The van der Waals surface area contributed by atoms with E-state index in [2.05, 4.69) is 45.2 Å². The van der Waals surface area contributed by atoms with Crippen LogP contribution in [0.2, 0.25) is 0 Å². The lowest BCUT2D eigenvalue weighted by molar-refractivity contribution is 0.108. The van der Waals surface area contributed by atoms with Crippen LogP contribution >= 0.6 is 79.4 Å². The first-order valence-electron chi connectivity index (χ1n) is 3.08. The van der Waals surface area contributed by atoms with Crippen molar-refractivity contribution < 1.29 is 4.79 Å². The topological polar surface area (TPSA) is 43.1 Å². The molecule has 0 aromatic heterocycles. The quantitative estimate of drug-likeness (QED) is 0.342. The van der Waals surface area contributed by atoms with Crippen LogP contribution in [0, 0.1) is 10.7 Å². The van der Waals surface area contributed by atoms with Gasteiger partial charge in [-0.05, 0) is 85.4 Å². The number of hydrogen-bond acceptors (Lipinski definition) is 2. The first kappa shape index (κ1) is 12.2. The van der Waals surface area contributed by atoms with Gasteiger partial charge in [-0.15, -0.1) is 0 Å². The molecule has 2 nitrogen and oxygen atoms in total. The molecule has 0 bridgehead atoms. The summed E-state index contributed by atoms with van der Waals surface area (Å²) in [5, 5.41) is -0.461. The van der Waals surface area contributed by atoms with Gasteiger partial charge in [-0.1, -0.05) is 0 Å². The summed E-state index contributed by atoms with van der Waals surface area (Å²) in [6.45, 7) is 0. The van der Waals surface area contributed by atoms with Gasteiger partial charge in [-0.2, -0.15) is 0 Å². The number of benzene rings is 1. The largest absolute Gasteiger partial charge is 0.397 e. The summed E-state index contributed by atoms with van der Waals surface area (Å²) in [5.41, 5.74) is 6.88. The highest BCUT2D eigenvalue weighted by molar-refractivity contribution is 14.1. The number of halogens is 4. The highest BCUT2D eigenvalue weighted by atomic mass is 127. The van der Waals surface area contributed by atoms with Crippen LogP contribution < -0.4 is 5.73 Å². The monoisotopic (exact) mass is 533 g/mol. The Morgan fingerprint density at radius 3 is 2.31 bits per heavy atom. The average Bonchev–Trinajstić information content (AvgIpc) is 1.99. The van der Waals surface area contributed by atoms with Crippen LogP contribution in [0.3, 0.4) is 0 Å². The predicted molar refractivity (Wildman–Crippen MR) is 79.2 cm³/mol. The predicted octanol–water partition coefficient (Wildman–Crippen LogP) is 3.46. The highest BCUT2D eigenvalue weighted by Gasteiger charge is 2.16. The molecule has 0 saturated heterocycles. The third-order valence-electron chi connectivity index (χ3n) is 1.40. The van der Waals surface area contributed by atoms with E-state index in [9.17, 15) is 4.79 Å². The van der Waals surface area contributed by atoms with Crippen LogP contribution in [-0.4, -0.2) is 5.24 Å². The number of nitrogens with two attached hydrogens (primary N) is 1. The Morgan fingerprint density at radius 1 is 1.31 bits per heavy atom. The molecule has 0 heterocycles. The van der Waals surface area contributed by atoms with Gasteiger partial charge in [0.25, 0.3) is 5.24 Å². The van der Waals surface area contributed by atoms with Gasteiger partial charge in [-0.3, -0.25) is 4.79 Å². The number of carbonyl (C=O) groups is 1. The molecule has 0 saturated carbocycles. The standard InChI is InChI=1S/C7H3ClI3NO/c8-7(13)4-2(9)1-3(10)6(12)5(4)11/h1H,12H2. The number of hydrogen-bond donors (Lipinski definition) is 1. The lowest BCUT2D eigenvalue weighted by Gasteiger charge is -2.07. The molecule has 0 amide bonds. The molecule has 0 aliphatic heterocycles. The Balaban J connectivity index is 3.53. The molecule has 6 heteroatoms. The van der Waals surface area contributed by atoms with E-state index in [0.717, 1.165) is 10.7 Å². The molecule has 1 rings (SSSR count). The molecule has 1 aromatic carbocycles. The lowest BCUT2D eigenvalue weighted by atomic mass is 10.2. The van der Waals surface area contributed by atoms with E-state index in [4.69, 9.17) is 17.3 Å². The molecule has 0 aliphatic carbocycles. The molecule has 0 radical (unpaired) electrons. The third kappa shape index (κ3) is 2.59. The zero-order valence-electron chi connectivity index (χ0n) is 6.07. The minimum atomic E-state index is -0.461. The van der Waals surface area contributed by atoms with Crippen molar-refractivity contribution in [2.45, 2.75) is 0 Å². The van der Waals surface area contributed by atoms with Crippen molar-refractivity contribution in [3.63, 3.8) is 0 Å². The second-order valence-electron chi connectivity index (χ2n) is 2.22. The number of rotatable bonds is 1. The van der Waals surface area contributed by atoms with Gasteiger partial charge in [0, 0.05) is 7.14 Å². The van der Waals surface area contributed by atoms with Crippen LogP contribution in [0.5, 0.6) is 0 Å². The Labute approximate surface area is 121 Å². The van der Waals surface area contributed by atoms with E-state index in [1.54, 1.807) is 0 Å². The van der Waals surface area contributed by atoms with Gasteiger partial charge in [0.2, 0.25) is 0 Å². The second-order valence-corrected chi connectivity index (χ2v) is 5.96. The molecular formula is C7H3ClI3NO. The van der Waals surface area contributed by atoms with Crippen molar-refractivity contribution in [2.24, 2.45) is 0 Å². The van der Waals surface area contributed by atoms with Gasteiger partial charge in [0.1, 0.15) is 0 Å². The highest BCUT2D eigenvalue weighted by Crippen LogP contribution is 2.30. The molecule has 0 fully saturated rings. The summed E-state index contributed by atoms with van der Waals surface area (Å²) in [4.78, 5) is 11.0. The van der Waals surface area contributed by atoms with Crippen molar-refractivity contribution in [3.05, 3.63) is 22.3 Å². The number of anilines is 1. The van der Waals surface area contributed by atoms with E-state index in [1.165, 1.54) is 0 Å². The minimum absolute atomic E-state index is 0.461. The summed E-state index contributed by atoms with van der Waals surface area (Å²) in [6.07, 6.45) is 0. The van der Waals surface area contributed by atoms with Gasteiger partial charge in [-0.25, -0.2) is 0 Å². The fraction of sp³-hybridized carbons (Fsp3) is 0. The normalized spacial score (nSPS) is 10.2. The van der Waals surface area contributed by atoms with Crippen molar-refractivity contribution in [1.29, 1.82) is 0 Å². The van der Waals surface area contributed by atoms with E-state index < -0.39 is 5.24 Å². The fourth-order valence-electron chi connectivity index (χ4n) is 0.786. The van der Waals surface area contributed by atoms with Crippen molar-refractivity contribution in [3.8, 4) is 0 Å². The van der Waals surface area contributed by atoms with Gasteiger partial charge in [0.05, 0.1) is 14.8 Å². The molecule has 0 unspecified atom stereocenters. The lowest BCUT2D eigenvalue weighted by Crippen LogP contribution is -2.04. The maximum absolute atomic E-state index is 11.0. The minimum Gasteiger partial charge on any atom is -0.397 e. The van der Waals surface area contributed by atoms with Crippen LogP contribution in [0.15, 0.2) is 6.07 Å². The maximum atomic E-state index is 11.0.